The van der Waals surface area contributed by atoms with Crippen molar-refractivity contribution in [1.82, 2.24) is 4.90 Å². The molecule has 0 saturated carbocycles. The molecule has 0 spiro atoms. The monoisotopic (exact) mass is 451 g/mol. The molecule has 2 atom stereocenters. The van der Waals surface area contributed by atoms with Gasteiger partial charge in [0.25, 0.3) is 0 Å². The van der Waals surface area contributed by atoms with Crippen molar-refractivity contribution in [2.45, 2.75) is 31.6 Å². The lowest BCUT2D eigenvalue weighted by atomic mass is 9.84. The van der Waals surface area contributed by atoms with E-state index < -0.39 is 53.5 Å². The zero-order valence-corrected chi connectivity index (χ0v) is 15.6. The Hall–Kier alpha value is -1.87. The van der Waals surface area contributed by atoms with Crippen molar-refractivity contribution >= 4 is 15.9 Å². The molecule has 0 bridgehead atoms. The largest absolute Gasteiger partial charge is 0.504 e. The molecule has 0 fully saturated rings. The van der Waals surface area contributed by atoms with Gasteiger partial charge in [0.15, 0.2) is 11.5 Å². The first-order chi connectivity index (χ1) is 12.5. The Labute approximate surface area is 160 Å². The van der Waals surface area contributed by atoms with E-state index in [0.717, 1.165) is 23.1 Å². The predicted molar refractivity (Wildman–Crippen MR) is 91.6 cm³/mol. The summed E-state index contributed by atoms with van der Waals surface area (Å²) in [6, 6.07) is 2.10. The van der Waals surface area contributed by atoms with Crippen molar-refractivity contribution in [3.8, 4) is 11.5 Å². The molecule has 3 nitrogen and oxygen atoms in total. The number of phenols is 2. The first-order valence-corrected chi connectivity index (χ1v) is 8.79. The quantitative estimate of drug-likeness (QED) is 0.496. The Bertz CT molecular complexity index is 864. The van der Waals surface area contributed by atoms with E-state index in [4.69, 9.17) is 0 Å². The highest BCUT2D eigenvalue weighted by Gasteiger charge is 2.42. The summed E-state index contributed by atoms with van der Waals surface area (Å²) < 4.78 is 68.8. The average Bonchev–Trinajstić information content (AvgIpc) is 2.50. The van der Waals surface area contributed by atoms with Crippen LogP contribution < -0.4 is 0 Å². The molecule has 0 saturated heterocycles. The summed E-state index contributed by atoms with van der Waals surface area (Å²) in [6.45, 7) is 0.134. The lowest BCUT2D eigenvalue weighted by Crippen LogP contribution is -2.47. The summed E-state index contributed by atoms with van der Waals surface area (Å²) in [5.41, 5.74) is -0.00365. The van der Waals surface area contributed by atoms with Crippen LogP contribution in [0.15, 0.2) is 28.7 Å². The number of alkyl halides is 3. The molecule has 0 aliphatic carbocycles. The number of hydrogen-bond donors (Lipinski definition) is 2. The molecule has 9 heteroatoms. The molecule has 3 rings (SSSR count). The third-order valence-corrected chi connectivity index (χ3v) is 5.08. The van der Waals surface area contributed by atoms with E-state index in [1.165, 1.54) is 13.0 Å². The van der Waals surface area contributed by atoms with Gasteiger partial charge < -0.3 is 10.2 Å². The highest BCUT2D eigenvalue weighted by atomic mass is 79.9. The molecule has 0 unspecified atom stereocenters. The topological polar surface area (TPSA) is 43.7 Å². The van der Waals surface area contributed by atoms with Gasteiger partial charge in [-0.05, 0) is 48.7 Å². The molecule has 2 aromatic carbocycles. The van der Waals surface area contributed by atoms with E-state index in [0.29, 0.717) is 5.56 Å². The third kappa shape index (κ3) is 3.89. The van der Waals surface area contributed by atoms with Gasteiger partial charge in [-0.2, -0.15) is 13.2 Å². The summed E-state index contributed by atoms with van der Waals surface area (Å²) in [7, 11) is 0. The number of halogens is 6. The summed E-state index contributed by atoms with van der Waals surface area (Å²) >= 11 is 2.95. The smallest absolute Gasteiger partial charge is 0.401 e. The zero-order valence-electron chi connectivity index (χ0n) is 14.0. The number of benzene rings is 2. The number of nitrogens with zero attached hydrogens (tertiary/aromatic N) is 1. The van der Waals surface area contributed by atoms with Crippen LogP contribution in [0.3, 0.4) is 0 Å². The van der Waals surface area contributed by atoms with Crippen molar-refractivity contribution < 1.29 is 32.2 Å². The van der Waals surface area contributed by atoms with E-state index in [9.17, 15) is 32.2 Å². The van der Waals surface area contributed by atoms with Crippen LogP contribution in [0.1, 0.15) is 29.7 Å². The second kappa shape index (κ2) is 6.94. The molecular weight excluding hydrogens is 437 g/mol. The Morgan fingerprint density at radius 1 is 1.07 bits per heavy atom. The molecule has 146 valence electrons. The van der Waals surface area contributed by atoms with Gasteiger partial charge in [-0.1, -0.05) is 15.9 Å². The zero-order chi connectivity index (χ0) is 20.1. The van der Waals surface area contributed by atoms with Crippen LogP contribution in [0, 0.1) is 11.6 Å². The van der Waals surface area contributed by atoms with E-state index >= 15 is 0 Å². The van der Waals surface area contributed by atoms with Gasteiger partial charge in [-0.3, -0.25) is 4.90 Å². The van der Waals surface area contributed by atoms with E-state index in [1.807, 2.05) is 0 Å². The van der Waals surface area contributed by atoms with Crippen LogP contribution in [0.2, 0.25) is 0 Å². The number of phenolic OH excluding ortho intramolecular Hbond substituents is 2. The minimum Gasteiger partial charge on any atom is -0.504 e. The Balaban J connectivity index is 2.26. The minimum absolute atomic E-state index is 0.112. The Kier molecular flexibility index (Phi) is 5.11. The van der Waals surface area contributed by atoms with Crippen molar-refractivity contribution in [1.29, 1.82) is 0 Å². The first-order valence-electron chi connectivity index (χ1n) is 7.99. The van der Waals surface area contributed by atoms with Gasteiger partial charge in [-0.15, -0.1) is 0 Å². The van der Waals surface area contributed by atoms with Gasteiger partial charge >= 0.3 is 6.18 Å². The van der Waals surface area contributed by atoms with E-state index in [-0.39, 0.29) is 16.5 Å². The highest BCUT2D eigenvalue weighted by Crippen LogP contribution is 2.44. The Morgan fingerprint density at radius 3 is 2.19 bits per heavy atom. The fourth-order valence-electron chi connectivity index (χ4n) is 3.53. The molecule has 0 aromatic heterocycles. The normalized spacial score (nSPS) is 20.6. The second-order valence-electron chi connectivity index (χ2n) is 6.57. The fourth-order valence-corrected chi connectivity index (χ4v) is 3.93. The van der Waals surface area contributed by atoms with E-state index in [1.54, 1.807) is 0 Å². The molecule has 27 heavy (non-hydrogen) atoms. The van der Waals surface area contributed by atoms with Crippen LogP contribution in [-0.4, -0.2) is 33.9 Å². The average molecular weight is 452 g/mol. The molecule has 2 N–H and O–H groups in total. The van der Waals surface area contributed by atoms with Crippen molar-refractivity contribution in [2.24, 2.45) is 0 Å². The van der Waals surface area contributed by atoms with Crippen LogP contribution >= 0.6 is 15.9 Å². The SMILES string of the molecule is C[C@@H]1Cc2cc(O)c(O)cc2[C@@H](c2c(F)cc(Br)cc2F)N1CC(F)(F)F. The van der Waals surface area contributed by atoms with Gasteiger partial charge in [0, 0.05) is 16.1 Å². The molecular formula is C18H15BrF5NO2. The number of aromatic hydroxyl groups is 2. The molecule has 2 aromatic rings. The summed E-state index contributed by atoms with van der Waals surface area (Å²) in [4.78, 5) is 0.953. The van der Waals surface area contributed by atoms with Gasteiger partial charge in [-0.25, -0.2) is 8.78 Å². The van der Waals surface area contributed by atoms with Gasteiger partial charge in [0.05, 0.1) is 12.6 Å². The molecule has 0 radical (unpaired) electrons. The minimum atomic E-state index is -4.59. The standard InChI is InChI=1S/C18H15BrF5NO2/c1-8-2-9-3-14(26)15(27)6-11(9)17(25(8)7-18(22,23)24)16-12(20)4-10(19)5-13(16)21/h3-6,8,17,26-27H,2,7H2,1H3/t8-,17+/m1/s1. The number of rotatable bonds is 2. The maximum Gasteiger partial charge on any atom is 0.401 e. The van der Waals surface area contributed by atoms with Crippen molar-refractivity contribution in [3.63, 3.8) is 0 Å². The summed E-state index contributed by atoms with van der Waals surface area (Å²) in [5.74, 6) is -3.03. The molecule has 1 aliphatic rings. The van der Waals surface area contributed by atoms with Crippen molar-refractivity contribution in [3.05, 3.63) is 57.1 Å². The first kappa shape index (κ1) is 19.9. The maximum absolute atomic E-state index is 14.6. The highest BCUT2D eigenvalue weighted by molar-refractivity contribution is 9.10. The van der Waals surface area contributed by atoms with Crippen LogP contribution in [0.25, 0.3) is 0 Å². The second-order valence-corrected chi connectivity index (χ2v) is 7.48. The van der Waals surface area contributed by atoms with Gasteiger partial charge in [0.2, 0.25) is 0 Å². The van der Waals surface area contributed by atoms with Crippen LogP contribution in [0.4, 0.5) is 22.0 Å². The number of fused-ring (bicyclic) bond motifs is 1. The molecule has 0 amide bonds. The van der Waals surface area contributed by atoms with Crippen LogP contribution in [0.5, 0.6) is 11.5 Å². The lowest BCUT2D eigenvalue weighted by molar-refractivity contribution is -0.155. The Morgan fingerprint density at radius 2 is 1.63 bits per heavy atom. The predicted octanol–water partition coefficient (Wildman–Crippen LogP) is 5.04. The lowest BCUT2D eigenvalue weighted by Gasteiger charge is -2.42. The van der Waals surface area contributed by atoms with Crippen molar-refractivity contribution in [2.75, 3.05) is 6.54 Å². The maximum atomic E-state index is 14.6. The third-order valence-electron chi connectivity index (χ3n) is 4.62. The summed E-state index contributed by atoms with van der Waals surface area (Å²) in [6.07, 6.45) is -4.47. The van der Waals surface area contributed by atoms with Gasteiger partial charge in [0.1, 0.15) is 11.6 Å². The molecule has 1 aliphatic heterocycles. The summed E-state index contributed by atoms with van der Waals surface area (Å²) in [5, 5.41) is 19.5. The van der Waals surface area contributed by atoms with Crippen LogP contribution in [-0.2, 0) is 6.42 Å². The van der Waals surface area contributed by atoms with E-state index in [2.05, 4.69) is 15.9 Å². The fraction of sp³-hybridized carbons (Fsp3) is 0.333. The molecule has 1 heterocycles. The number of hydrogen-bond acceptors (Lipinski definition) is 3.